The van der Waals surface area contributed by atoms with Crippen molar-refractivity contribution in [3.8, 4) is 0 Å². The summed E-state index contributed by atoms with van der Waals surface area (Å²) >= 11 is 0. The summed E-state index contributed by atoms with van der Waals surface area (Å²) in [5, 5.41) is 14.8. The molecule has 1 rings (SSSR count). The molecule has 0 bridgehead atoms. The van der Waals surface area contributed by atoms with Crippen LogP contribution in [0.5, 0.6) is 0 Å². The summed E-state index contributed by atoms with van der Waals surface area (Å²) in [7, 11) is 1.65. The molecular weight excluding hydrogens is 260 g/mol. The van der Waals surface area contributed by atoms with E-state index in [4.69, 9.17) is 4.74 Å². The predicted molar refractivity (Wildman–Crippen MR) is 75.6 cm³/mol. The normalized spacial score (nSPS) is 22.9. The maximum absolute atomic E-state index is 11.8. The second kappa shape index (κ2) is 9.58. The number of hydrogen-bond donors (Lipinski definition) is 3. The Kier molecular flexibility index (Phi) is 8.02. The second-order valence-electron chi connectivity index (χ2n) is 5.29. The van der Waals surface area contributed by atoms with E-state index in [9.17, 15) is 14.7 Å². The molecule has 1 fully saturated rings. The number of carboxylic acid groups (broad SMARTS) is 1. The minimum atomic E-state index is -0.808. The molecule has 2 atom stereocenters. The van der Waals surface area contributed by atoms with Gasteiger partial charge in [-0.3, -0.25) is 4.79 Å². The van der Waals surface area contributed by atoms with Crippen LogP contribution in [0.1, 0.15) is 44.9 Å². The Morgan fingerprint density at radius 1 is 1.20 bits per heavy atom. The number of carboxylic acids is 1. The van der Waals surface area contributed by atoms with Crippen LogP contribution in [0, 0.1) is 5.92 Å². The minimum Gasteiger partial charge on any atom is -0.481 e. The first-order valence-corrected chi connectivity index (χ1v) is 7.41. The average Bonchev–Trinajstić information content (AvgIpc) is 2.64. The summed E-state index contributed by atoms with van der Waals surface area (Å²) < 4.78 is 4.93. The zero-order chi connectivity index (χ0) is 14.8. The van der Waals surface area contributed by atoms with Crippen molar-refractivity contribution in [3.05, 3.63) is 0 Å². The van der Waals surface area contributed by atoms with Crippen LogP contribution in [0.2, 0.25) is 0 Å². The van der Waals surface area contributed by atoms with Crippen LogP contribution in [-0.4, -0.2) is 43.4 Å². The molecule has 0 aromatic carbocycles. The minimum absolute atomic E-state index is 0.256. The Labute approximate surface area is 120 Å². The molecule has 0 aromatic rings. The molecule has 3 N–H and O–H groups in total. The molecule has 0 saturated heterocycles. The van der Waals surface area contributed by atoms with E-state index in [1.807, 2.05) is 0 Å². The zero-order valence-corrected chi connectivity index (χ0v) is 12.2. The van der Waals surface area contributed by atoms with Gasteiger partial charge in [0.1, 0.15) is 0 Å². The number of carbonyl (C=O) groups excluding carboxylic acids is 1. The quantitative estimate of drug-likeness (QED) is 0.491. The van der Waals surface area contributed by atoms with E-state index >= 15 is 0 Å². The highest BCUT2D eigenvalue weighted by Crippen LogP contribution is 2.23. The lowest BCUT2D eigenvalue weighted by Gasteiger charge is -2.23. The number of unbranched alkanes of at least 4 members (excludes halogenated alkanes) is 1. The third kappa shape index (κ3) is 6.23. The van der Waals surface area contributed by atoms with Crippen LogP contribution in [-0.2, 0) is 9.53 Å². The number of rotatable bonds is 7. The molecule has 2 amide bonds. The SMILES string of the molecule is COCCCCNC(=O)NC1CCCCCC1C(=O)O. The highest BCUT2D eigenvalue weighted by atomic mass is 16.5. The summed E-state index contributed by atoms with van der Waals surface area (Å²) in [5.74, 6) is -1.27. The molecule has 20 heavy (non-hydrogen) atoms. The van der Waals surface area contributed by atoms with Crippen LogP contribution in [0.15, 0.2) is 0 Å². The molecule has 0 aromatic heterocycles. The number of ether oxygens (including phenoxy) is 1. The van der Waals surface area contributed by atoms with Crippen molar-refractivity contribution in [1.82, 2.24) is 10.6 Å². The van der Waals surface area contributed by atoms with Gasteiger partial charge in [0, 0.05) is 26.3 Å². The van der Waals surface area contributed by atoms with Gasteiger partial charge in [-0.05, 0) is 25.7 Å². The molecule has 6 heteroatoms. The predicted octanol–water partition coefficient (Wildman–Crippen LogP) is 1.75. The maximum atomic E-state index is 11.8. The largest absolute Gasteiger partial charge is 0.481 e. The topological polar surface area (TPSA) is 87.7 Å². The van der Waals surface area contributed by atoms with Crippen molar-refractivity contribution in [2.24, 2.45) is 5.92 Å². The Balaban J connectivity index is 2.31. The molecule has 1 aliphatic carbocycles. The van der Waals surface area contributed by atoms with E-state index in [1.54, 1.807) is 7.11 Å². The Bertz CT molecular complexity index is 310. The van der Waals surface area contributed by atoms with E-state index in [1.165, 1.54) is 0 Å². The van der Waals surface area contributed by atoms with Crippen molar-refractivity contribution in [3.63, 3.8) is 0 Å². The van der Waals surface area contributed by atoms with Gasteiger partial charge >= 0.3 is 12.0 Å². The number of carbonyl (C=O) groups is 2. The molecule has 2 unspecified atom stereocenters. The van der Waals surface area contributed by atoms with Gasteiger partial charge in [0.05, 0.1) is 5.92 Å². The standard InChI is InChI=1S/C14H26N2O4/c1-20-10-6-5-9-15-14(19)16-12-8-4-2-3-7-11(12)13(17)18/h11-12H,2-10H2,1H3,(H,17,18)(H2,15,16,19). The molecule has 0 aliphatic heterocycles. The first kappa shape index (κ1) is 16.8. The number of methoxy groups -OCH3 is 1. The van der Waals surface area contributed by atoms with E-state index in [2.05, 4.69) is 10.6 Å². The molecular formula is C14H26N2O4. The number of hydrogen-bond acceptors (Lipinski definition) is 3. The Morgan fingerprint density at radius 3 is 2.65 bits per heavy atom. The van der Waals surface area contributed by atoms with Gasteiger partial charge in [0.25, 0.3) is 0 Å². The van der Waals surface area contributed by atoms with Gasteiger partial charge in [-0.2, -0.15) is 0 Å². The first-order chi connectivity index (χ1) is 9.65. The molecule has 116 valence electrons. The van der Waals surface area contributed by atoms with E-state index < -0.39 is 11.9 Å². The van der Waals surface area contributed by atoms with Gasteiger partial charge in [0.2, 0.25) is 0 Å². The first-order valence-electron chi connectivity index (χ1n) is 7.41. The number of amides is 2. The smallest absolute Gasteiger partial charge is 0.315 e. The number of urea groups is 1. The van der Waals surface area contributed by atoms with Crippen LogP contribution in [0.4, 0.5) is 4.79 Å². The number of nitrogens with one attached hydrogen (secondary N) is 2. The third-order valence-electron chi connectivity index (χ3n) is 3.71. The van der Waals surface area contributed by atoms with Crippen molar-refractivity contribution in [2.45, 2.75) is 51.0 Å². The molecule has 0 heterocycles. The molecule has 1 aliphatic rings. The van der Waals surface area contributed by atoms with E-state index in [-0.39, 0.29) is 12.1 Å². The highest BCUT2D eigenvalue weighted by molar-refractivity contribution is 5.76. The van der Waals surface area contributed by atoms with Gasteiger partial charge < -0.3 is 20.5 Å². The third-order valence-corrected chi connectivity index (χ3v) is 3.71. The summed E-state index contributed by atoms with van der Waals surface area (Å²) in [6.07, 6.45) is 6.09. The van der Waals surface area contributed by atoms with Crippen molar-refractivity contribution < 1.29 is 19.4 Å². The summed E-state index contributed by atoms with van der Waals surface area (Å²) in [6.45, 7) is 1.27. The van der Waals surface area contributed by atoms with Crippen molar-refractivity contribution in [1.29, 1.82) is 0 Å². The van der Waals surface area contributed by atoms with Crippen LogP contribution >= 0.6 is 0 Å². The van der Waals surface area contributed by atoms with Crippen LogP contribution < -0.4 is 10.6 Å². The van der Waals surface area contributed by atoms with Gasteiger partial charge in [-0.1, -0.05) is 19.3 Å². The molecule has 0 spiro atoms. The highest BCUT2D eigenvalue weighted by Gasteiger charge is 2.30. The summed E-state index contributed by atoms with van der Waals surface area (Å²) in [6, 6.07) is -0.519. The van der Waals surface area contributed by atoms with E-state index in [0.717, 1.165) is 38.5 Å². The maximum Gasteiger partial charge on any atom is 0.315 e. The Hall–Kier alpha value is -1.30. The average molecular weight is 286 g/mol. The zero-order valence-electron chi connectivity index (χ0n) is 12.2. The van der Waals surface area contributed by atoms with E-state index in [0.29, 0.717) is 19.6 Å². The fraction of sp³-hybridized carbons (Fsp3) is 0.857. The molecule has 6 nitrogen and oxygen atoms in total. The van der Waals surface area contributed by atoms with Crippen molar-refractivity contribution in [2.75, 3.05) is 20.3 Å². The van der Waals surface area contributed by atoms with Crippen LogP contribution in [0.3, 0.4) is 0 Å². The van der Waals surface area contributed by atoms with Gasteiger partial charge in [0.15, 0.2) is 0 Å². The monoisotopic (exact) mass is 286 g/mol. The summed E-state index contributed by atoms with van der Waals surface area (Å²) in [4.78, 5) is 23.0. The fourth-order valence-electron chi connectivity index (χ4n) is 2.57. The lowest BCUT2D eigenvalue weighted by Crippen LogP contribution is -2.47. The lowest BCUT2D eigenvalue weighted by molar-refractivity contribution is -0.142. The van der Waals surface area contributed by atoms with Gasteiger partial charge in [-0.15, -0.1) is 0 Å². The number of aliphatic carboxylic acids is 1. The van der Waals surface area contributed by atoms with Gasteiger partial charge in [-0.25, -0.2) is 4.79 Å². The lowest BCUT2D eigenvalue weighted by atomic mass is 9.95. The molecule has 0 radical (unpaired) electrons. The molecule has 1 saturated carbocycles. The Morgan fingerprint density at radius 2 is 1.95 bits per heavy atom. The fourth-order valence-corrected chi connectivity index (χ4v) is 2.57. The summed E-state index contributed by atoms with van der Waals surface area (Å²) in [5.41, 5.74) is 0. The second-order valence-corrected chi connectivity index (χ2v) is 5.29. The van der Waals surface area contributed by atoms with Crippen molar-refractivity contribution >= 4 is 12.0 Å². The van der Waals surface area contributed by atoms with Crippen LogP contribution in [0.25, 0.3) is 0 Å².